The molecule has 2 atom stereocenters. The summed E-state index contributed by atoms with van der Waals surface area (Å²) in [6, 6.07) is 24.9. The van der Waals surface area contributed by atoms with Crippen LogP contribution in [0.15, 0.2) is 94.8 Å². The highest BCUT2D eigenvalue weighted by atomic mass is 32.2. The van der Waals surface area contributed by atoms with E-state index in [1.807, 2.05) is 65.6 Å². The van der Waals surface area contributed by atoms with Crippen molar-refractivity contribution in [1.82, 2.24) is 20.1 Å². The molecule has 0 spiro atoms. The Morgan fingerprint density at radius 2 is 1.58 bits per heavy atom. The Hall–Kier alpha value is -6.42. The van der Waals surface area contributed by atoms with E-state index >= 15 is 0 Å². The Bertz CT molecular complexity index is 2290. The van der Waals surface area contributed by atoms with Crippen molar-refractivity contribution < 1.29 is 28.2 Å². The van der Waals surface area contributed by atoms with Gasteiger partial charge in [0.2, 0.25) is 17.7 Å². The van der Waals surface area contributed by atoms with E-state index < -0.39 is 40.5 Å². The standard InChI is InChI=1S/C43H47N9O6S/c1-59(58)32-17-10-28(11-18-32)35-7-6-8-37(47-35)48-43(44)46-29-12-15-31(16-13-29)50-23-25-51(26-24-50)39(54)9-4-2-3-5-22-45-30-14-19-33-34(27-30)42(57)52(41(33)56)36-20-21-38(53)49-40(36)55/h6-8,10-19,27,36,45H,2-5,9,20-26H2,1H3,(H,49,53,55)(H3,44,46,47,48). The van der Waals surface area contributed by atoms with Crippen LogP contribution in [0.3, 0.4) is 0 Å². The van der Waals surface area contributed by atoms with E-state index in [1.54, 1.807) is 30.5 Å². The molecule has 4 aromatic rings. The molecule has 0 radical (unpaired) electrons. The number of rotatable bonds is 14. The third-order valence-corrected chi connectivity index (χ3v) is 11.6. The maximum Gasteiger partial charge on any atom is 0.262 e. The van der Waals surface area contributed by atoms with Gasteiger partial charge in [0.1, 0.15) is 6.04 Å². The fourth-order valence-electron chi connectivity index (χ4n) is 7.46. The predicted molar refractivity (Wildman–Crippen MR) is 227 cm³/mol. The molecule has 2 unspecified atom stereocenters. The minimum Gasteiger partial charge on any atom is -0.385 e. The summed E-state index contributed by atoms with van der Waals surface area (Å²) in [7, 11) is -1.05. The van der Waals surface area contributed by atoms with Gasteiger partial charge in [-0.3, -0.25) is 38.4 Å². The van der Waals surface area contributed by atoms with Crippen molar-refractivity contribution in [1.29, 1.82) is 0 Å². The lowest BCUT2D eigenvalue weighted by molar-refractivity contribution is -0.136. The predicted octanol–water partition coefficient (Wildman–Crippen LogP) is 4.66. The summed E-state index contributed by atoms with van der Waals surface area (Å²) < 4.78 is 11.7. The van der Waals surface area contributed by atoms with Crippen LogP contribution in [0.25, 0.3) is 11.3 Å². The number of carbonyl (C=O) groups excluding carboxylic acids is 5. The number of piperazine rings is 1. The number of unbranched alkanes of at least 4 members (excludes halogenated alkanes) is 3. The van der Waals surface area contributed by atoms with Gasteiger partial charge in [-0.15, -0.1) is 0 Å². The van der Waals surface area contributed by atoms with E-state index in [-0.39, 0.29) is 35.8 Å². The molecule has 7 rings (SSSR count). The third-order valence-electron chi connectivity index (χ3n) is 10.7. The molecule has 3 aromatic carbocycles. The molecule has 3 aliphatic heterocycles. The van der Waals surface area contributed by atoms with E-state index in [0.29, 0.717) is 37.6 Å². The van der Waals surface area contributed by atoms with Crippen LogP contribution in [-0.4, -0.2) is 99.5 Å². The number of carbonyl (C=O) groups is 5. The largest absolute Gasteiger partial charge is 0.385 e. The number of aromatic nitrogens is 1. The van der Waals surface area contributed by atoms with Crippen molar-refractivity contribution in [3.05, 3.63) is 96.1 Å². The number of hydrogen-bond donors (Lipinski definition) is 4. The van der Waals surface area contributed by atoms with Gasteiger partial charge in [-0.2, -0.15) is 4.99 Å². The summed E-state index contributed by atoms with van der Waals surface area (Å²) >= 11 is 0. The van der Waals surface area contributed by atoms with E-state index in [2.05, 4.69) is 30.8 Å². The van der Waals surface area contributed by atoms with Crippen LogP contribution in [0.4, 0.5) is 22.9 Å². The van der Waals surface area contributed by atoms with Crippen LogP contribution in [0.5, 0.6) is 0 Å². The first-order valence-corrected chi connectivity index (χ1v) is 21.3. The van der Waals surface area contributed by atoms with Gasteiger partial charge in [-0.25, -0.2) is 4.98 Å². The number of nitrogens with zero attached hydrogens (tertiary/aromatic N) is 5. The van der Waals surface area contributed by atoms with Crippen molar-refractivity contribution in [3.63, 3.8) is 0 Å². The Morgan fingerprint density at radius 3 is 2.31 bits per heavy atom. The molecule has 4 heterocycles. The Morgan fingerprint density at radius 1 is 0.864 bits per heavy atom. The number of piperidine rings is 1. The van der Waals surface area contributed by atoms with Crippen LogP contribution in [0, 0.1) is 0 Å². The summed E-state index contributed by atoms with van der Waals surface area (Å²) in [4.78, 5) is 77.8. The molecule has 3 aliphatic rings. The maximum atomic E-state index is 13.1. The molecule has 5 N–H and O–H groups in total. The summed E-state index contributed by atoms with van der Waals surface area (Å²) in [5.41, 5.74) is 10.9. The minimum atomic E-state index is -1.05. The molecule has 15 nitrogen and oxygen atoms in total. The van der Waals surface area contributed by atoms with Crippen molar-refractivity contribution in [3.8, 4) is 11.3 Å². The Kier molecular flexibility index (Phi) is 12.7. The highest BCUT2D eigenvalue weighted by molar-refractivity contribution is 7.84. The number of hydrogen-bond acceptors (Lipinski definition) is 10. The molecule has 59 heavy (non-hydrogen) atoms. The highest BCUT2D eigenvalue weighted by Gasteiger charge is 2.44. The first kappa shape index (κ1) is 40.8. The van der Waals surface area contributed by atoms with Crippen LogP contribution < -0.4 is 26.6 Å². The van der Waals surface area contributed by atoms with Crippen molar-refractivity contribution in [2.45, 2.75) is 55.9 Å². The molecule has 0 saturated carbocycles. The zero-order valence-corrected chi connectivity index (χ0v) is 33.6. The molecule has 0 aliphatic carbocycles. The maximum absolute atomic E-state index is 13.1. The van der Waals surface area contributed by atoms with Crippen molar-refractivity contribution >= 4 is 69.2 Å². The first-order valence-electron chi connectivity index (χ1n) is 19.8. The monoisotopic (exact) mass is 817 g/mol. The van der Waals surface area contributed by atoms with Crippen LogP contribution in [-0.2, 0) is 25.2 Å². The van der Waals surface area contributed by atoms with Gasteiger partial charge in [0.05, 0.1) is 16.8 Å². The van der Waals surface area contributed by atoms with Gasteiger partial charge < -0.3 is 26.2 Å². The highest BCUT2D eigenvalue weighted by Crippen LogP contribution is 2.30. The topological polar surface area (TPSA) is 200 Å². The molecule has 1 aromatic heterocycles. The Balaban J connectivity index is 0.786. The van der Waals surface area contributed by atoms with Gasteiger partial charge in [0.15, 0.2) is 11.8 Å². The first-order chi connectivity index (χ1) is 28.5. The zero-order valence-electron chi connectivity index (χ0n) is 32.8. The van der Waals surface area contributed by atoms with Gasteiger partial charge in [-0.05, 0) is 86.0 Å². The lowest BCUT2D eigenvalue weighted by Crippen LogP contribution is -2.54. The van der Waals surface area contributed by atoms with Gasteiger partial charge in [0.25, 0.3) is 11.8 Å². The average Bonchev–Trinajstić information content (AvgIpc) is 3.48. The SMILES string of the molecule is CS(=O)c1ccc(-c2cccc(N=C(N)Nc3ccc(N4CCN(C(=O)CCCCCCNc5ccc6c(c5)C(=O)N(C5CCC(=O)NC5=O)C6=O)CC4)cc3)n2)cc1. The van der Waals surface area contributed by atoms with Crippen molar-refractivity contribution in [2.24, 2.45) is 10.7 Å². The number of aliphatic imine (C=N–C) groups is 1. The molecule has 306 valence electrons. The molecule has 2 saturated heterocycles. The van der Waals surface area contributed by atoms with Crippen LogP contribution >= 0.6 is 0 Å². The number of guanidine groups is 1. The average molecular weight is 818 g/mol. The minimum absolute atomic E-state index is 0.0766. The molecule has 16 heteroatoms. The number of pyridine rings is 1. The second-order valence-corrected chi connectivity index (χ2v) is 16.1. The number of nitrogens with two attached hydrogens (primary N) is 1. The number of fused-ring (bicyclic) bond motifs is 1. The molecule has 5 amide bonds. The van der Waals surface area contributed by atoms with E-state index in [1.165, 1.54) is 0 Å². The summed E-state index contributed by atoms with van der Waals surface area (Å²) in [6.07, 6.45) is 5.89. The normalized spacial score (nSPS) is 17.5. The number of imide groups is 2. The third kappa shape index (κ3) is 9.83. The van der Waals surface area contributed by atoms with E-state index in [9.17, 15) is 28.2 Å². The summed E-state index contributed by atoms with van der Waals surface area (Å²) in [5, 5.41) is 8.64. The summed E-state index contributed by atoms with van der Waals surface area (Å²) in [5.74, 6) is -1.24. The summed E-state index contributed by atoms with van der Waals surface area (Å²) in [6.45, 7) is 3.48. The second-order valence-electron chi connectivity index (χ2n) is 14.7. The van der Waals surface area contributed by atoms with Crippen LogP contribution in [0.2, 0.25) is 0 Å². The fraction of sp³-hybridized carbons (Fsp3) is 0.326. The smallest absolute Gasteiger partial charge is 0.262 e. The number of benzene rings is 3. The van der Waals surface area contributed by atoms with Crippen LogP contribution in [0.1, 0.15) is 65.7 Å². The molecular weight excluding hydrogens is 771 g/mol. The molecule has 0 bridgehead atoms. The lowest BCUT2D eigenvalue weighted by atomic mass is 10.0. The number of nitrogens with one attached hydrogen (secondary N) is 3. The fourth-order valence-corrected chi connectivity index (χ4v) is 7.98. The van der Waals surface area contributed by atoms with Gasteiger partial charge >= 0.3 is 0 Å². The lowest BCUT2D eigenvalue weighted by Gasteiger charge is -2.36. The number of anilines is 3. The second kappa shape index (κ2) is 18.4. The Labute approximate surface area is 344 Å². The molecule has 2 fully saturated rings. The van der Waals surface area contributed by atoms with Gasteiger partial charge in [0, 0.05) is 90.1 Å². The quantitative estimate of drug-likeness (QED) is 0.0598. The van der Waals surface area contributed by atoms with Crippen molar-refractivity contribution in [2.75, 3.05) is 54.5 Å². The molecular formula is C43H47N9O6S. The van der Waals surface area contributed by atoms with E-state index in [0.717, 1.165) is 71.2 Å². The zero-order chi connectivity index (χ0) is 41.5. The number of amides is 5. The van der Waals surface area contributed by atoms with E-state index in [4.69, 9.17) is 5.73 Å². The van der Waals surface area contributed by atoms with Gasteiger partial charge in [-0.1, -0.05) is 31.0 Å².